The van der Waals surface area contributed by atoms with Crippen molar-refractivity contribution in [2.45, 2.75) is 69.8 Å². The molecule has 7 nitrogen and oxygen atoms in total. The molecular formula is C35H44O7. The number of esters is 1. The second-order valence-electron chi connectivity index (χ2n) is 10.7. The van der Waals surface area contributed by atoms with Gasteiger partial charge in [-0.2, -0.15) is 0 Å². The quantitative estimate of drug-likeness (QED) is 0.0662. The Labute approximate surface area is 250 Å². The van der Waals surface area contributed by atoms with Crippen molar-refractivity contribution >= 4 is 5.97 Å². The largest absolute Gasteiger partial charge is 0.497 e. The number of benzene rings is 3. The van der Waals surface area contributed by atoms with Crippen LogP contribution in [-0.4, -0.2) is 40.7 Å². The fourth-order valence-electron chi connectivity index (χ4n) is 5.60. The van der Waals surface area contributed by atoms with E-state index < -0.39 is 5.92 Å². The van der Waals surface area contributed by atoms with Crippen molar-refractivity contribution in [1.29, 1.82) is 0 Å². The monoisotopic (exact) mass is 576 g/mol. The Bertz CT molecular complexity index is 1240. The van der Waals surface area contributed by atoms with Gasteiger partial charge in [-0.25, -0.2) is 0 Å². The minimum Gasteiger partial charge on any atom is -0.497 e. The van der Waals surface area contributed by atoms with Gasteiger partial charge in [0.2, 0.25) is 0 Å². The van der Waals surface area contributed by atoms with Crippen molar-refractivity contribution in [1.82, 2.24) is 0 Å². The summed E-state index contributed by atoms with van der Waals surface area (Å²) in [7, 11) is 4.80. The lowest BCUT2D eigenvalue weighted by Gasteiger charge is -2.33. The summed E-state index contributed by atoms with van der Waals surface area (Å²) in [6.07, 6.45) is 8.88. The normalized spacial score (nSPS) is 16.0. The van der Waals surface area contributed by atoms with E-state index in [4.69, 9.17) is 28.4 Å². The SMILES string of the molecule is COCOc1ccc2c(c1)OC(=O)C(c1ccc(OC)cc1OC)C2CCCCCCCCCOCc1ccccc1. The van der Waals surface area contributed by atoms with Gasteiger partial charge in [0.05, 0.1) is 26.7 Å². The molecule has 3 aromatic rings. The smallest absolute Gasteiger partial charge is 0.319 e. The van der Waals surface area contributed by atoms with E-state index in [1.807, 2.05) is 48.5 Å². The Morgan fingerprint density at radius 3 is 2.19 bits per heavy atom. The third kappa shape index (κ3) is 8.73. The molecule has 42 heavy (non-hydrogen) atoms. The van der Waals surface area contributed by atoms with Crippen LogP contribution in [0.1, 0.15) is 79.9 Å². The van der Waals surface area contributed by atoms with Crippen molar-refractivity contribution in [3.05, 3.63) is 83.4 Å². The summed E-state index contributed by atoms with van der Waals surface area (Å²) in [6.45, 7) is 1.62. The second kappa shape index (κ2) is 16.8. The Hall–Kier alpha value is -3.55. The summed E-state index contributed by atoms with van der Waals surface area (Å²) in [4.78, 5) is 13.5. The van der Waals surface area contributed by atoms with Crippen molar-refractivity contribution in [2.75, 3.05) is 34.7 Å². The first kappa shape index (κ1) is 31.4. The van der Waals surface area contributed by atoms with Gasteiger partial charge in [0.15, 0.2) is 6.79 Å². The summed E-state index contributed by atoms with van der Waals surface area (Å²) in [5.74, 6) is 1.66. The van der Waals surface area contributed by atoms with E-state index in [9.17, 15) is 4.79 Å². The summed E-state index contributed by atoms with van der Waals surface area (Å²) in [5, 5.41) is 0. The summed E-state index contributed by atoms with van der Waals surface area (Å²) in [6, 6.07) is 21.6. The fourth-order valence-corrected chi connectivity index (χ4v) is 5.60. The lowest BCUT2D eigenvalue weighted by atomic mass is 9.76. The Morgan fingerprint density at radius 2 is 1.45 bits per heavy atom. The van der Waals surface area contributed by atoms with E-state index in [0.29, 0.717) is 29.6 Å². The topological polar surface area (TPSA) is 72.5 Å². The van der Waals surface area contributed by atoms with Crippen LogP contribution in [0.5, 0.6) is 23.0 Å². The zero-order valence-electron chi connectivity index (χ0n) is 25.1. The highest BCUT2D eigenvalue weighted by Gasteiger charge is 2.40. The van der Waals surface area contributed by atoms with Gasteiger partial charge in [0.1, 0.15) is 23.0 Å². The van der Waals surface area contributed by atoms with Crippen LogP contribution in [0.15, 0.2) is 66.7 Å². The van der Waals surface area contributed by atoms with Crippen molar-refractivity contribution < 1.29 is 33.2 Å². The van der Waals surface area contributed by atoms with Crippen LogP contribution < -0.4 is 18.9 Å². The van der Waals surface area contributed by atoms with Crippen LogP contribution in [0.25, 0.3) is 0 Å². The molecule has 0 bridgehead atoms. The van der Waals surface area contributed by atoms with Gasteiger partial charge < -0.3 is 28.4 Å². The lowest BCUT2D eigenvalue weighted by Crippen LogP contribution is -2.30. The number of carbonyl (C=O) groups excluding carboxylic acids is 1. The third-order valence-electron chi connectivity index (χ3n) is 7.79. The molecule has 0 saturated carbocycles. The highest BCUT2D eigenvalue weighted by molar-refractivity contribution is 5.85. The summed E-state index contributed by atoms with van der Waals surface area (Å²) >= 11 is 0. The van der Waals surface area contributed by atoms with Crippen LogP contribution in [0, 0.1) is 0 Å². The molecular weight excluding hydrogens is 532 g/mol. The average molecular weight is 577 g/mol. The maximum Gasteiger partial charge on any atom is 0.319 e. The van der Waals surface area contributed by atoms with Crippen molar-refractivity contribution in [2.24, 2.45) is 0 Å². The molecule has 7 heteroatoms. The fraction of sp³-hybridized carbons (Fsp3) is 0.457. The number of unbranched alkanes of at least 4 members (excludes halogenated alkanes) is 6. The minimum atomic E-state index is -0.472. The molecule has 1 heterocycles. The van der Waals surface area contributed by atoms with E-state index in [2.05, 4.69) is 12.1 Å². The molecule has 0 aliphatic carbocycles. The first-order valence-electron chi connectivity index (χ1n) is 15.0. The number of fused-ring (bicyclic) bond motifs is 1. The van der Waals surface area contributed by atoms with E-state index >= 15 is 0 Å². The highest BCUT2D eigenvalue weighted by atomic mass is 16.7. The van der Waals surface area contributed by atoms with Crippen LogP contribution in [0.4, 0.5) is 0 Å². The van der Waals surface area contributed by atoms with Crippen LogP contribution >= 0.6 is 0 Å². The Balaban J connectivity index is 1.32. The number of rotatable bonds is 18. The standard InChI is InChI=1S/C35H44O7/c1-37-25-41-28-18-19-29-30(16-12-7-5-4-6-8-13-21-40-24-26-14-10-9-11-15-26)34(35(36)42-33(29)23-28)31-20-17-27(38-2)22-32(31)39-3/h9-11,14-15,17-20,22-23,30,34H,4-8,12-13,16,21,24-25H2,1-3H3. The average Bonchev–Trinajstić information content (AvgIpc) is 3.02. The van der Waals surface area contributed by atoms with Gasteiger partial charge in [-0.15, -0.1) is 0 Å². The molecule has 0 radical (unpaired) electrons. The number of methoxy groups -OCH3 is 3. The molecule has 0 saturated heterocycles. The molecule has 2 unspecified atom stereocenters. The molecule has 226 valence electrons. The molecule has 1 aliphatic heterocycles. The Morgan fingerprint density at radius 1 is 0.738 bits per heavy atom. The number of ether oxygens (including phenoxy) is 6. The van der Waals surface area contributed by atoms with Crippen LogP contribution in [-0.2, 0) is 20.9 Å². The summed E-state index contributed by atoms with van der Waals surface area (Å²) in [5.41, 5.74) is 3.05. The lowest BCUT2D eigenvalue weighted by molar-refractivity contribution is -0.138. The number of hydrogen-bond donors (Lipinski definition) is 0. The maximum atomic E-state index is 13.5. The van der Waals surface area contributed by atoms with Gasteiger partial charge in [-0.1, -0.05) is 81.0 Å². The highest BCUT2D eigenvalue weighted by Crippen LogP contribution is 2.49. The number of carbonyl (C=O) groups is 1. The predicted molar refractivity (Wildman–Crippen MR) is 163 cm³/mol. The first-order valence-corrected chi connectivity index (χ1v) is 15.0. The molecule has 4 rings (SSSR count). The zero-order valence-corrected chi connectivity index (χ0v) is 25.1. The Kier molecular flexibility index (Phi) is 12.5. The molecule has 1 aliphatic rings. The van der Waals surface area contributed by atoms with Crippen LogP contribution in [0.3, 0.4) is 0 Å². The predicted octanol–water partition coefficient (Wildman–Crippen LogP) is 7.81. The van der Waals surface area contributed by atoms with E-state index in [1.165, 1.54) is 31.2 Å². The zero-order chi connectivity index (χ0) is 29.6. The van der Waals surface area contributed by atoms with Gasteiger partial charge in [-0.05, 0) is 36.1 Å². The second-order valence-corrected chi connectivity index (χ2v) is 10.7. The molecule has 2 atom stereocenters. The molecule has 3 aromatic carbocycles. The van der Waals surface area contributed by atoms with Gasteiger partial charge in [-0.3, -0.25) is 4.79 Å². The third-order valence-corrected chi connectivity index (χ3v) is 7.79. The van der Waals surface area contributed by atoms with E-state index in [-0.39, 0.29) is 18.7 Å². The van der Waals surface area contributed by atoms with Gasteiger partial charge >= 0.3 is 5.97 Å². The molecule has 0 N–H and O–H groups in total. The molecule has 0 amide bonds. The van der Waals surface area contributed by atoms with Gasteiger partial charge in [0.25, 0.3) is 0 Å². The molecule has 0 spiro atoms. The summed E-state index contributed by atoms with van der Waals surface area (Å²) < 4.78 is 33.4. The number of hydrogen-bond acceptors (Lipinski definition) is 7. The van der Waals surface area contributed by atoms with Crippen molar-refractivity contribution in [3.63, 3.8) is 0 Å². The first-order chi connectivity index (χ1) is 20.6. The van der Waals surface area contributed by atoms with Crippen LogP contribution in [0.2, 0.25) is 0 Å². The van der Waals surface area contributed by atoms with E-state index in [1.54, 1.807) is 27.4 Å². The van der Waals surface area contributed by atoms with Gasteiger partial charge in [0, 0.05) is 37.3 Å². The maximum absolute atomic E-state index is 13.5. The molecule has 0 fully saturated rings. The van der Waals surface area contributed by atoms with E-state index in [0.717, 1.165) is 43.4 Å². The molecule has 0 aromatic heterocycles. The minimum absolute atomic E-state index is 0.0400. The van der Waals surface area contributed by atoms with Crippen molar-refractivity contribution in [3.8, 4) is 23.0 Å².